The molecule has 2 aromatic rings. The van der Waals surface area contributed by atoms with Gasteiger partial charge in [0.05, 0.1) is 25.2 Å². The van der Waals surface area contributed by atoms with E-state index in [2.05, 4.69) is 24.5 Å². The van der Waals surface area contributed by atoms with Gasteiger partial charge in [0, 0.05) is 17.3 Å². The number of sulfonamides is 1. The molecule has 1 heterocycles. The molecule has 26 heavy (non-hydrogen) atoms. The Balaban J connectivity index is 2.18. The first-order valence-electron chi connectivity index (χ1n) is 7.03. The van der Waals surface area contributed by atoms with Crippen molar-refractivity contribution in [2.45, 2.75) is 4.90 Å². The molecule has 0 spiro atoms. The van der Waals surface area contributed by atoms with Crippen molar-refractivity contribution in [1.82, 2.24) is 4.98 Å². The lowest BCUT2D eigenvalue weighted by molar-refractivity contribution is -0.138. The molecule has 0 aliphatic rings. The Labute approximate surface area is 153 Å². The normalized spacial score (nSPS) is 11.5. The van der Waals surface area contributed by atoms with Crippen molar-refractivity contribution in [3.63, 3.8) is 0 Å². The molecule has 138 valence electrons. The van der Waals surface area contributed by atoms with Gasteiger partial charge in [-0.05, 0) is 24.3 Å². The van der Waals surface area contributed by atoms with Crippen LogP contribution in [0.3, 0.4) is 0 Å². The second-order valence-electron chi connectivity index (χ2n) is 4.66. The van der Waals surface area contributed by atoms with E-state index in [0.717, 1.165) is 24.5 Å². The number of hydrogen-bond acceptors (Lipinski definition) is 9. The van der Waals surface area contributed by atoms with Crippen LogP contribution < -0.4 is 10.0 Å². The molecule has 1 aromatic heterocycles. The molecule has 2 rings (SSSR count). The largest absolute Gasteiger partial charge is 0.466 e. The van der Waals surface area contributed by atoms with Crippen LogP contribution in [0.1, 0.15) is 0 Å². The van der Waals surface area contributed by atoms with Crippen molar-refractivity contribution in [3.8, 4) is 0 Å². The molecular weight excluding hydrogens is 382 g/mol. The van der Waals surface area contributed by atoms with Crippen molar-refractivity contribution in [3.05, 3.63) is 47.6 Å². The summed E-state index contributed by atoms with van der Waals surface area (Å²) < 4.78 is 35.9. The number of aromatic nitrogens is 1. The summed E-state index contributed by atoms with van der Waals surface area (Å²) in [4.78, 5) is 26.9. The maximum absolute atomic E-state index is 12.3. The molecule has 0 aliphatic heterocycles. The summed E-state index contributed by atoms with van der Waals surface area (Å²) in [6.07, 6.45) is 2.41. The summed E-state index contributed by atoms with van der Waals surface area (Å²) in [6.45, 7) is 0. The number of methoxy groups -OCH3 is 2. The van der Waals surface area contributed by atoms with Crippen molar-refractivity contribution in [2.24, 2.45) is 0 Å². The molecule has 0 amide bonds. The van der Waals surface area contributed by atoms with E-state index in [1.165, 1.54) is 37.6 Å². The predicted octanol–water partition coefficient (Wildman–Crippen LogP) is 1.59. The number of anilines is 2. The number of carbonyl (C=O) groups is 2. The molecule has 2 N–H and O–H groups in total. The molecule has 11 heteroatoms. The van der Waals surface area contributed by atoms with Crippen LogP contribution in [0.25, 0.3) is 0 Å². The van der Waals surface area contributed by atoms with Crippen LogP contribution >= 0.6 is 11.3 Å². The highest BCUT2D eigenvalue weighted by Crippen LogP contribution is 2.20. The summed E-state index contributed by atoms with van der Waals surface area (Å²) in [7, 11) is -1.45. The van der Waals surface area contributed by atoms with E-state index in [0.29, 0.717) is 5.69 Å². The van der Waals surface area contributed by atoms with Crippen molar-refractivity contribution >= 4 is 44.1 Å². The van der Waals surface area contributed by atoms with Gasteiger partial charge in [-0.25, -0.2) is 23.0 Å². The number of nitrogens with one attached hydrogen (secondary N) is 2. The number of nitrogens with zero attached hydrogens (tertiary/aromatic N) is 1. The Morgan fingerprint density at radius 2 is 1.85 bits per heavy atom. The summed E-state index contributed by atoms with van der Waals surface area (Å²) in [6, 6.07) is 5.55. The zero-order valence-corrected chi connectivity index (χ0v) is 15.4. The third-order valence-corrected chi connectivity index (χ3v) is 5.14. The van der Waals surface area contributed by atoms with Gasteiger partial charge in [-0.2, -0.15) is 0 Å². The zero-order chi connectivity index (χ0) is 19.2. The van der Waals surface area contributed by atoms with E-state index in [1.54, 1.807) is 5.38 Å². The highest BCUT2D eigenvalue weighted by molar-refractivity contribution is 7.93. The molecule has 9 nitrogen and oxygen atoms in total. The number of benzene rings is 1. The van der Waals surface area contributed by atoms with Crippen LogP contribution in [0.2, 0.25) is 0 Å². The van der Waals surface area contributed by atoms with Gasteiger partial charge in [0.2, 0.25) is 0 Å². The van der Waals surface area contributed by atoms with Crippen LogP contribution in [0.4, 0.5) is 10.8 Å². The minimum absolute atomic E-state index is 0.00909. The van der Waals surface area contributed by atoms with Crippen LogP contribution in [-0.4, -0.2) is 39.6 Å². The number of rotatable bonds is 7. The maximum atomic E-state index is 12.3. The lowest BCUT2D eigenvalue weighted by atomic mass is 10.3. The average molecular weight is 397 g/mol. The Morgan fingerprint density at radius 3 is 2.38 bits per heavy atom. The van der Waals surface area contributed by atoms with E-state index in [9.17, 15) is 18.0 Å². The third kappa shape index (κ3) is 5.04. The Kier molecular flexibility index (Phi) is 6.31. The number of ether oxygens (including phenoxy) is 2. The molecule has 0 bridgehead atoms. The standard InChI is InChI=1S/C15H15N3O6S2/c1-23-13(19)9-12(14(20)24-2)17-10-3-5-11(6-4-10)26(21,22)18-15-16-7-8-25-15/h3-9,17H,1-2H3,(H,16,18)/b12-9+. The molecule has 0 radical (unpaired) electrons. The predicted molar refractivity (Wildman–Crippen MR) is 95.1 cm³/mol. The minimum atomic E-state index is -3.78. The lowest BCUT2D eigenvalue weighted by Gasteiger charge is -2.10. The van der Waals surface area contributed by atoms with Gasteiger partial charge >= 0.3 is 11.9 Å². The molecule has 0 saturated carbocycles. The fraction of sp³-hybridized carbons (Fsp3) is 0.133. The highest BCUT2D eigenvalue weighted by atomic mass is 32.2. The first kappa shape index (κ1) is 19.4. The SMILES string of the molecule is COC(=O)/C=C(/Nc1ccc(S(=O)(=O)Nc2nccs2)cc1)C(=O)OC. The zero-order valence-electron chi connectivity index (χ0n) is 13.8. The summed E-state index contributed by atoms with van der Waals surface area (Å²) in [5.74, 6) is -1.53. The lowest BCUT2D eigenvalue weighted by Crippen LogP contribution is -2.16. The molecule has 0 aliphatic carbocycles. The number of thiazole rings is 1. The molecule has 0 fully saturated rings. The first-order chi connectivity index (χ1) is 12.4. The number of carbonyl (C=O) groups excluding carboxylic acids is 2. The van der Waals surface area contributed by atoms with E-state index in [1.807, 2.05) is 0 Å². The van der Waals surface area contributed by atoms with Crippen molar-refractivity contribution in [1.29, 1.82) is 0 Å². The van der Waals surface area contributed by atoms with Gasteiger partial charge in [-0.1, -0.05) is 0 Å². The molecule has 1 aromatic carbocycles. The van der Waals surface area contributed by atoms with Crippen LogP contribution in [0, 0.1) is 0 Å². The quantitative estimate of drug-likeness (QED) is 0.533. The number of hydrogen-bond donors (Lipinski definition) is 2. The van der Waals surface area contributed by atoms with Gasteiger partial charge in [0.1, 0.15) is 5.70 Å². The number of esters is 2. The highest BCUT2D eigenvalue weighted by Gasteiger charge is 2.16. The smallest absolute Gasteiger partial charge is 0.354 e. The Hall–Kier alpha value is -2.92. The van der Waals surface area contributed by atoms with Gasteiger partial charge < -0.3 is 14.8 Å². The third-order valence-electron chi connectivity index (χ3n) is 2.97. The molecule has 0 unspecified atom stereocenters. The summed E-state index contributed by atoms with van der Waals surface area (Å²) in [5, 5.41) is 4.58. The van der Waals surface area contributed by atoms with Gasteiger partial charge in [-0.15, -0.1) is 11.3 Å². The second-order valence-corrected chi connectivity index (χ2v) is 7.24. The first-order valence-corrected chi connectivity index (χ1v) is 9.39. The van der Waals surface area contributed by atoms with Crippen molar-refractivity contribution in [2.75, 3.05) is 24.3 Å². The van der Waals surface area contributed by atoms with E-state index < -0.39 is 22.0 Å². The van der Waals surface area contributed by atoms with E-state index in [4.69, 9.17) is 0 Å². The molecule has 0 saturated heterocycles. The van der Waals surface area contributed by atoms with Crippen LogP contribution in [0.15, 0.2) is 52.5 Å². The minimum Gasteiger partial charge on any atom is -0.466 e. The van der Waals surface area contributed by atoms with Crippen LogP contribution in [-0.2, 0) is 29.1 Å². The summed E-state index contributed by atoms with van der Waals surface area (Å²) in [5.41, 5.74) is 0.217. The average Bonchev–Trinajstić information content (AvgIpc) is 3.13. The Bertz CT molecular complexity index is 905. The van der Waals surface area contributed by atoms with Gasteiger partial charge in [-0.3, -0.25) is 4.72 Å². The summed E-state index contributed by atoms with van der Waals surface area (Å²) >= 11 is 1.15. The van der Waals surface area contributed by atoms with E-state index >= 15 is 0 Å². The van der Waals surface area contributed by atoms with Gasteiger partial charge in [0.25, 0.3) is 10.0 Å². The fourth-order valence-electron chi connectivity index (χ4n) is 1.75. The van der Waals surface area contributed by atoms with Gasteiger partial charge in [0.15, 0.2) is 5.13 Å². The topological polar surface area (TPSA) is 124 Å². The fourth-order valence-corrected chi connectivity index (χ4v) is 3.54. The van der Waals surface area contributed by atoms with Crippen molar-refractivity contribution < 1.29 is 27.5 Å². The monoisotopic (exact) mass is 397 g/mol. The second kappa shape index (κ2) is 8.45. The molecular formula is C15H15N3O6S2. The maximum Gasteiger partial charge on any atom is 0.354 e. The van der Waals surface area contributed by atoms with E-state index in [-0.39, 0.29) is 15.7 Å². The Morgan fingerprint density at radius 1 is 1.15 bits per heavy atom. The van der Waals surface area contributed by atoms with Crippen LogP contribution in [0.5, 0.6) is 0 Å². The molecule has 0 atom stereocenters.